The summed E-state index contributed by atoms with van der Waals surface area (Å²) in [5, 5.41) is 0. The van der Waals surface area contributed by atoms with Crippen LogP contribution in [0.4, 0.5) is 0 Å². The molecule has 1 radical (unpaired) electrons. The van der Waals surface area contributed by atoms with Crippen LogP contribution in [0, 0.1) is 0 Å². The van der Waals surface area contributed by atoms with E-state index >= 15 is 0 Å². The Labute approximate surface area is 145 Å². The van der Waals surface area contributed by atoms with Crippen molar-refractivity contribution in [2.24, 2.45) is 0 Å². The Bertz CT molecular complexity index is 827. The van der Waals surface area contributed by atoms with Crippen LogP contribution in [-0.2, 0) is 0 Å². The van der Waals surface area contributed by atoms with Crippen molar-refractivity contribution in [2.45, 2.75) is 0 Å². The van der Waals surface area contributed by atoms with Gasteiger partial charge in [-0.1, -0.05) is 0 Å². The van der Waals surface area contributed by atoms with E-state index in [1.54, 1.807) is 24.8 Å². The minimum absolute atomic E-state index is 0.683. The van der Waals surface area contributed by atoms with Gasteiger partial charge in [-0.25, -0.2) is 9.97 Å². The minimum Gasteiger partial charge on any atom is -0.526 e. The monoisotopic (exact) mass is 329 g/mol. The molecular weight excluding hydrogens is 315 g/mol. The predicted molar refractivity (Wildman–Crippen MR) is 95.1 cm³/mol. The summed E-state index contributed by atoms with van der Waals surface area (Å²) in [6, 6.07) is 15.2. The Hall–Kier alpha value is -3.48. The molecule has 0 saturated carbocycles. The molecule has 0 aliphatic heterocycles. The first-order chi connectivity index (χ1) is 12.4. The SMILES string of the molecule is [B](Oc1ccc(-c2ncc[nH]2)cc1)Oc1ccc(-c2ncc[nH]2)cc1. The average Bonchev–Trinajstić information content (AvgIpc) is 3.37. The van der Waals surface area contributed by atoms with E-state index in [9.17, 15) is 0 Å². The molecule has 0 amide bonds. The van der Waals surface area contributed by atoms with Crippen LogP contribution in [0.5, 0.6) is 11.5 Å². The number of aromatic nitrogens is 4. The molecule has 0 unspecified atom stereocenters. The lowest BCUT2D eigenvalue weighted by atomic mass is 10.2. The Morgan fingerprint density at radius 2 is 1.08 bits per heavy atom. The summed E-state index contributed by atoms with van der Waals surface area (Å²) in [7, 11) is 1.31. The van der Waals surface area contributed by atoms with E-state index in [2.05, 4.69) is 19.9 Å². The van der Waals surface area contributed by atoms with E-state index in [-0.39, 0.29) is 0 Å². The van der Waals surface area contributed by atoms with Gasteiger partial charge in [-0.2, -0.15) is 0 Å². The molecule has 0 aliphatic carbocycles. The molecule has 4 aromatic rings. The van der Waals surface area contributed by atoms with Gasteiger partial charge in [-0.3, -0.25) is 0 Å². The lowest BCUT2D eigenvalue weighted by Gasteiger charge is -2.07. The zero-order valence-corrected chi connectivity index (χ0v) is 13.2. The van der Waals surface area contributed by atoms with Crippen LogP contribution in [0.1, 0.15) is 0 Å². The molecule has 25 heavy (non-hydrogen) atoms. The summed E-state index contributed by atoms with van der Waals surface area (Å²) in [5.41, 5.74) is 1.98. The number of hydrogen-bond donors (Lipinski definition) is 2. The van der Waals surface area contributed by atoms with Crippen molar-refractivity contribution in [2.75, 3.05) is 0 Å². The van der Waals surface area contributed by atoms with E-state index in [1.165, 1.54) is 7.69 Å². The number of H-pyrrole nitrogens is 2. The summed E-state index contributed by atoms with van der Waals surface area (Å²) in [4.78, 5) is 14.5. The fourth-order valence-electron chi connectivity index (χ4n) is 2.36. The molecule has 2 aromatic heterocycles. The second-order valence-corrected chi connectivity index (χ2v) is 5.26. The Balaban J connectivity index is 1.31. The van der Waals surface area contributed by atoms with Crippen LogP contribution >= 0.6 is 0 Å². The van der Waals surface area contributed by atoms with Crippen molar-refractivity contribution in [3.8, 4) is 34.3 Å². The molecule has 0 bridgehead atoms. The lowest BCUT2D eigenvalue weighted by Crippen LogP contribution is -2.10. The number of benzene rings is 2. The molecule has 2 N–H and O–H groups in total. The van der Waals surface area contributed by atoms with Crippen molar-refractivity contribution in [1.29, 1.82) is 0 Å². The zero-order chi connectivity index (χ0) is 16.9. The van der Waals surface area contributed by atoms with Gasteiger partial charge in [0.05, 0.1) is 0 Å². The van der Waals surface area contributed by atoms with Gasteiger partial charge in [0.2, 0.25) is 0 Å². The number of aromatic amines is 2. The summed E-state index contributed by atoms with van der Waals surface area (Å²) in [6.07, 6.45) is 7.02. The quantitative estimate of drug-likeness (QED) is 0.531. The number of nitrogens with one attached hydrogen (secondary N) is 2. The first-order valence-electron chi connectivity index (χ1n) is 7.73. The first kappa shape index (κ1) is 15.1. The Morgan fingerprint density at radius 1 is 0.640 bits per heavy atom. The molecule has 2 aromatic carbocycles. The maximum Gasteiger partial charge on any atom is 0.658 e. The number of nitrogens with zero attached hydrogens (tertiary/aromatic N) is 2. The van der Waals surface area contributed by atoms with Crippen molar-refractivity contribution in [3.63, 3.8) is 0 Å². The third-order valence-electron chi connectivity index (χ3n) is 3.62. The number of rotatable bonds is 6. The van der Waals surface area contributed by atoms with Crippen LogP contribution in [0.3, 0.4) is 0 Å². The van der Waals surface area contributed by atoms with Crippen molar-refractivity contribution >= 4 is 7.69 Å². The minimum atomic E-state index is 0.683. The molecule has 0 aliphatic rings. The average molecular weight is 329 g/mol. The highest BCUT2D eigenvalue weighted by Crippen LogP contribution is 2.20. The lowest BCUT2D eigenvalue weighted by molar-refractivity contribution is 0.459. The molecule has 2 heterocycles. The van der Waals surface area contributed by atoms with Gasteiger partial charge in [0.25, 0.3) is 0 Å². The summed E-state index contributed by atoms with van der Waals surface area (Å²) in [6.45, 7) is 0. The van der Waals surface area contributed by atoms with Gasteiger partial charge >= 0.3 is 7.69 Å². The second kappa shape index (κ2) is 6.96. The molecule has 4 rings (SSSR count). The van der Waals surface area contributed by atoms with Crippen molar-refractivity contribution in [3.05, 3.63) is 73.3 Å². The molecule has 0 fully saturated rings. The van der Waals surface area contributed by atoms with Crippen LogP contribution in [0.2, 0.25) is 0 Å². The van der Waals surface area contributed by atoms with Gasteiger partial charge < -0.3 is 19.3 Å². The standard InChI is InChI=1S/C18H14BN4O2/c1-5-15(6-2-13(1)17-20-9-10-21-17)24-19-25-16-7-3-14(4-8-16)18-22-11-12-23-18/h1-12H,(H,20,21)(H,22,23). The van der Waals surface area contributed by atoms with Crippen LogP contribution in [0.25, 0.3) is 22.8 Å². The Morgan fingerprint density at radius 3 is 1.44 bits per heavy atom. The second-order valence-electron chi connectivity index (χ2n) is 5.26. The number of imidazole rings is 2. The van der Waals surface area contributed by atoms with Gasteiger partial charge in [0, 0.05) is 35.9 Å². The molecular formula is C18H14BN4O2. The van der Waals surface area contributed by atoms with E-state index in [0.29, 0.717) is 11.5 Å². The number of hydrogen-bond acceptors (Lipinski definition) is 4. The third kappa shape index (κ3) is 3.55. The van der Waals surface area contributed by atoms with Crippen LogP contribution < -0.4 is 9.31 Å². The van der Waals surface area contributed by atoms with E-state index in [1.807, 2.05) is 48.5 Å². The Kier molecular flexibility index (Phi) is 4.20. The molecule has 0 saturated heterocycles. The fraction of sp³-hybridized carbons (Fsp3) is 0. The van der Waals surface area contributed by atoms with Gasteiger partial charge in [0.15, 0.2) is 0 Å². The third-order valence-corrected chi connectivity index (χ3v) is 3.62. The highest BCUT2D eigenvalue weighted by molar-refractivity contribution is 6.20. The van der Waals surface area contributed by atoms with Crippen molar-refractivity contribution in [1.82, 2.24) is 19.9 Å². The maximum absolute atomic E-state index is 5.49. The van der Waals surface area contributed by atoms with Gasteiger partial charge in [-0.05, 0) is 48.5 Å². The van der Waals surface area contributed by atoms with E-state index in [4.69, 9.17) is 9.31 Å². The van der Waals surface area contributed by atoms with E-state index in [0.717, 1.165) is 22.8 Å². The zero-order valence-electron chi connectivity index (χ0n) is 13.2. The molecule has 6 nitrogen and oxygen atoms in total. The molecule has 121 valence electrons. The van der Waals surface area contributed by atoms with Crippen LogP contribution in [-0.4, -0.2) is 27.6 Å². The topological polar surface area (TPSA) is 75.8 Å². The normalized spacial score (nSPS) is 10.4. The largest absolute Gasteiger partial charge is 0.658 e. The van der Waals surface area contributed by atoms with Gasteiger partial charge in [-0.15, -0.1) is 0 Å². The highest BCUT2D eigenvalue weighted by Gasteiger charge is 2.05. The predicted octanol–water partition coefficient (Wildman–Crippen LogP) is 3.46. The fourth-order valence-corrected chi connectivity index (χ4v) is 2.36. The maximum atomic E-state index is 5.49. The van der Waals surface area contributed by atoms with Gasteiger partial charge in [0.1, 0.15) is 23.1 Å². The van der Waals surface area contributed by atoms with Crippen molar-refractivity contribution < 1.29 is 9.31 Å². The summed E-state index contributed by atoms with van der Waals surface area (Å²) >= 11 is 0. The highest BCUT2D eigenvalue weighted by atomic mass is 16.6. The first-order valence-corrected chi connectivity index (χ1v) is 7.73. The van der Waals surface area contributed by atoms with Crippen LogP contribution in [0.15, 0.2) is 73.3 Å². The molecule has 0 spiro atoms. The summed E-state index contributed by atoms with van der Waals surface area (Å²) < 4.78 is 11.0. The summed E-state index contributed by atoms with van der Waals surface area (Å²) in [5.74, 6) is 3.01. The van der Waals surface area contributed by atoms with E-state index < -0.39 is 0 Å². The molecule has 0 atom stereocenters. The molecule has 7 heteroatoms. The smallest absolute Gasteiger partial charge is 0.526 e.